The van der Waals surface area contributed by atoms with Gasteiger partial charge in [0.25, 0.3) is 0 Å². The van der Waals surface area contributed by atoms with Gasteiger partial charge in [-0.25, -0.2) is 0 Å². The first-order valence-electron chi connectivity index (χ1n) is 4.63. The standard InChI is InChI=1S/C10H15O2PS2/c1-4-11-13(2,14)12-9-5-7-10(15-3)8-6-9/h5-8H,4H2,1-3H3. The average molecular weight is 262 g/mol. The van der Waals surface area contributed by atoms with Crippen LogP contribution in [0.2, 0.25) is 0 Å². The van der Waals surface area contributed by atoms with E-state index < -0.39 is 6.49 Å². The summed E-state index contributed by atoms with van der Waals surface area (Å²) in [6, 6.07) is 7.88. The fraction of sp³-hybridized carbons (Fsp3) is 0.400. The molecular weight excluding hydrogens is 247 g/mol. The normalized spacial score (nSPS) is 14.6. The first kappa shape index (κ1) is 13.0. The molecule has 0 fully saturated rings. The van der Waals surface area contributed by atoms with E-state index in [1.165, 1.54) is 4.90 Å². The quantitative estimate of drug-likeness (QED) is 0.594. The van der Waals surface area contributed by atoms with Gasteiger partial charge in [-0.15, -0.1) is 11.8 Å². The molecule has 5 heteroatoms. The summed E-state index contributed by atoms with van der Waals surface area (Å²) < 4.78 is 11.0. The molecule has 1 aromatic rings. The van der Waals surface area contributed by atoms with Gasteiger partial charge in [-0.2, -0.15) is 0 Å². The summed E-state index contributed by atoms with van der Waals surface area (Å²) in [5, 5.41) is 0. The minimum absolute atomic E-state index is 0.594. The van der Waals surface area contributed by atoms with Crippen molar-refractivity contribution in [2.24, 2.45) is 0 Å². The number of benzene rings is 1. The van der Waals surface area contributed by atoms with Gasteiger partial charge in [0.1, 0.15) is 5.75 Å². The molecule has 0 amide bonds. The van der Waals surface area contributed by atoms with Crippen LogP contribution < -0.4 is 4.52 Å². The second-order valence-electron chi connectivity index (χ2n) is 2.96. The molecule has 0 aliphatic rings. The van der Waals surface area contributed by atoms with Crippen molar-refractivity contribution in [2.75, 3.05) is 19.5 Å². The summed E-state index contributed by atoms with van der Waals surface area (Å²) in [7, 11) is 0. The molecule has 0 saturated carbocycles. The molecule has 1 atom stereocenters. The van der Waals surface area contributed by atoms with Gasteiger partial charge in [-0.1, -0.05) is 0 Å². The van der Waals surface area contributed by atoms with Crippen molar-refractivity contribution in [1.29, 1.82) is 0 Å². The lowest BCUT2D eigenvalue weighted by Crippen LogP contribution is -1.95. The maximum absolute atomic E-state index is 5.64. The second kappa shape index (κ2) is 5.90. The topological polar surface area (TPSA) is 18.5 Å². The molecule has 1 aromatic carbocycles. The number of hydrogen-bond acceptors (Lipinski definition) is 4. The fourth-order valence-electron chi connectivity index (χ4n) is 1.09. The van der Waals surface area contributed by atoms with E-state index in [0.717, 1.165) is 5.75 Å². The van der Waals surface area contributed by atoms with Crippen molar-refractivity contribution in [3.8, 4) is 5.75 Å². The number of thioether (sulfide) groups is 1. The molecule has 1 rings (SSSR count). The predicted octanol–water partition coefficient (Wildman–Crippen LogP) is 3.76. The highest BCUT2D eigenvalue weighted by Gasteiger charge is 2.11. The Bertz CT molecular complexity index is 351. The summed E-state index contributed by atoms with van der Waals surface area (Å²) in [5.41, 5.74) is 0. The lowest BCUT2D eigenvalue weighted by atomic mass is 10.3. The van der Waals surface area contributed by atoms with Crippen molar-refractivity contribution in [3.63, 3.8) is 0 Å². The molecule has 0 N–H and O–H groups in total. The predicted molar refractivity (Wildman–Crippen MR) is 70.7 cm³/mol. The zero-order valence-electron chi connectivity index (χ0n) is 9.10. The van der Waals surface area contributed by atoms with Crippen LogP contribution in [0.25, 0.3) is 0 Å². The Morgan fingerprint density at radius 2 is 1.93 bits per heavy atom. The molecule has 0 saturated heterocycles. The van der Waals surface area contributed by atoms with Crippen molar-refractivity contribution in [3.05, 3.63) is 24.3 Å². The molecule has 0 bridgehead atoms. The third-order valence-electron chi connectivity index (χ3n) is 1.69. The van der Waals surface area contributed by atoms with Crippen molar-refractivity contribution >= 4 is 30.1 Å². The summed E-state index contributed by atoms with van der Waals surface area (Å²) in [6.07, 6.45) is 2.04. The monoisotopic (exact) mass is 262 g/mol. The molecule has 1 unspecified atom stereocenters. The highest BCUT2D eigenvalue weighted by atomic mass is 32.5. The molecular formula is C10H15O2PS2. The maximum atomic E-state index is 5.64. The van der Waals surface area contributed by atoms with Crippen molar-refractivity contribution < 1.29 is 9.05 Å². The Labute approximate surface area is 101 Å². The van der Waals surface area contributed by atoms with Crippen LogP contribution in [0.3, 0.4) is 0 Å². The van der Waals surface area contributed by atoms with E-state index in [1.54, 1.807) is 11.8 Å². The van der Waals surface area contributed by atoms with Gasteiger partial charge < -0.3 is 9.05 Å². The molecule has 2 nitrogen and oxygen atoms in total. The van der Waals surface area contributed by atoms with Gasteiger partial charge in [0, 0.05) is 11.6 Å². The van der Waals surface area contributed by atoms with Gasteiger partial charge in [-0.05, 0) is 49.3 Å². The second-order valence-corrected chi connectivity index (χ2v) is 7.81. The van der Waals surface area contributed by atoms with Gasteiger partial charge in [-0.3, -0.25) is 0 Å². The summed E-state index contributed by atoms with van der Waals surface area (Å²) >= 11 is 6.95. The van der Waals surface area contributed by atoms with E-state index in [9.17, 15) is 0 Å². The van der Waals surface area contributed by atoms with Crippen molar-refractivity contribution in [1.82, 2.24) is 0 Å². The molecule has 0 radical (unpaired) electrons. The fourth-order valence-corrected chi connectivity index (χ4v) is 3.10. The average Bonchev–Trinajstić information content (AvgIpc) is 2.18. The van der Waals surface area contributed by atoms with Crippen LogP contribution in [-0.4, -0.2) is 19.5 Å². The van der Waals surface area contributed by atoms with Crippen LogP contribution in [0.15, 0.2) is 29.2 Å². The van der Waals surface area contributed by atoms with E-state index >= 15 is 0 Å². The number of rotatable bonds is 5. The Kier molecular flexibility index (Phi) is 5.13. The molecule has 0 aliphatic heterocycles. The van der Waals surface area contributed by atoms with Gasteiger partial charge in [0.15, 0.2) is 0 Å². The molecule has 15 heavy (non-hydrogen) atoms. The van der Waals surface area contributed by atoms with Crippen LogP contribution >= 0.6 is 18.3 Å². The Hall–Kier alpha value is -0.0200. The van der Waals surface area contributed by atoms with Gasteiger partial charge >= 0.3 is 0 Å². The van der Waals surface area contributed by atoms with Crippen LogP contribution in [0.5, 0.6) is 5.75 Å². The Morgan fingerprint density at radius 3 is 2.40 bits per heavy atom. The third kappa shape index (κ3) is 4.56. The number of hydrogen-bond donors (Lipinski definition) is 0. The molecule has 0 aliphatic carbocycles. The first-order chi connectivity index (χ1) is 7.07. The summed E-state index contributed by atoms with van der Waals surface area (Å²) in [4.78, 5) is 1.21. The molecule has 84 valence electrons. The molecule has 0 spiro atoms. The van der Waals surface area contributed by atoms with Crippen LogP contribution in [-0.2, 0) is 16.3 Å². The first-order valence-corrected chi connectivity index (χ1v) is 8.94. The zero-order chi connectivity index (χ0) is 11.3. The van der Waals surface area contributed by atoms with Crippen LogP contribution in [0.1, 0.15) is 6.92 Å². The minimum atomic E-state index is -2.11. The molecule has 0 aromatic heterocycles. The van der Waals surface area contributed by atoms with E-state index in [4.69, 9.17) is 20.9 Å². The van der Waals surface area contributed by atoms with E-state index in [1.807, 2.05) is 44.1 Å². The van der Waals surface area contributed by atoms with E-state index in [0.29, 0.717) is 6.61 Å². The highest BCUT2D eigenvalue weighted by molar-refractivity contribution is 8.09. The van der Waals surface area contributed by atoms with Crippen molar-refractivity contribution in [2.45, 2.75) is 11.8 Å². The lowest BCUT2D eigenvalue weighted by molar-refractivity contribution is 0.335. The SMILES string of the molecule is CCOP(C)(=S)Oc1ccc(SC)cc1. The minimum Gasteiger partial charge on any atom is -0.444 e. The van der Waals surface area contributed by atoms with E-state index in [-0.39, 0.29) is 0 Å². The zero-order valence-corrected chi connectivity index (χ0v) is 11.6. The van der Waals surface area contributed by atoms with Gasteiger partial charge in [0.2, 0.25) is 6.49 Å². The Morgan fingerprint density at radius 1 is 1.33 bits per heavy atom. The highest BCUT2D eigenvalue weighted by Crippen LogP contribution is 2.44. The van der Waals surface area contributed by atoms with Gasteiger partial charge in [0.05, 0.1) is 6.61 Å². The summed E-state index contributed by atoms with van der Waals surface area (Å²) in [5.74, 6) is 0.784. The Balaban J connectivity index is 2.68. The van der Waals surface area contributed by atoms with Crippen LogP contribution in [0, 0.1) is 0 Å². The smallest absolute Gasteiger partial charge is 0.235 e. The largest absolute Gasteiger partial charge is 0.444 e. The van der Waals surface area contributed by atoms with E-state index in [2.05, 4.69) is 0 Å². The lowest BCUT2D eigenvalue weighted by Gasteiger charge is -2.17. The molecule has 0 heterocycles. The van der Waals surface area contributed by atoms with Crippen LogP contribution in [0.4, 0.5) is 0 Å². The summed E-state index contributed by atoms with van der Waals surface area (Å²) in [6.45, 7) is 2.25. The maximum Gasteiger partial charge on any atom is 0.235 e. The third-order valence-corrected chi connectivity index (χ3v) is 4.25.